The Morgan fingerprint density at radius 1 is 1.03 bits per heavy atom. The fourth-order valence-corrected chi connectivity index (χ4v) is 2.91. The van der Waals surface area contributed by atoms with Crippen LogP contribution >= 0.6 is 11.6 Å². The molecule has 0 atom stereocenters. The quantitative estimate of drug-likeness (QED) is 0.502. The Hall–Kier alpha value is -2.32. The molecule has 0 saturated carbocycles. The molecule has 1 aromatic heterocycles. The van der Waals surface area contributed by atoms with Gasteiger partial charge in [0, 0.05) is 6.61 Å². The lowest BCUT2D eigenvalue weighted by atomic mass is 10.1. The van der Waals surface area contributed by atoms with E-state index in [4.69, 9.17) is 16.3 Å². The summed E-state index contributed by atoms with van der Waals surface area (Å²) < 4.78 is 111. The maximum absolute atomic E-state index is 14.1. The Bertz CT molecular complexity index is 923. The summed E-state index contributed by atoms with van der Waals surface area (Å²) in [6, 6.07) is 4.32. The van der Waals surface area contributed by atoms with Gasteiger partial charge in [-0.2, -0.15) is 40.4 Å². The highest BCUT2D eigenvalue weighted by molar-refractivity contribution is 6.33. The van der Waals surface area contributed by atoms with E-state index in [1.165, 1.54) is 13.0 Å². The second-order valence-electron chi connectivity index (χ2n) is 5.70. The molecule has 2 rings (SSSR count). The van der Waals surface area contributed by atoms with Crippen molar-refractivity contribution in [1.82, 2.24) is 4.57 Å². The van der Waals surface area contributed by atoms with Crippen molar-refractivity contribution in [3.05, 3.63) is 46.1 Å². The molecule has 29 heavy (non-hydrogen) atoms. The molecule has 0 saturated heterocycles. The van der Waals surface area contributed by atoms with Crippen molar-refractivity contribution in [2.45, 2.75) is 31.9 Å². The topological polar surface area (TPSA) is 38.0 Å². The number of halogens is 9. The Morgan fingerprint density at radius 3 is 2.00 bits per heavy atom. The first-order chi connectivity index (χ1) is 13.3. The number of alkyl halides is 8. The van der Waals surface area contributed by atoms with Gasteiger partial charge in [0.05, 0.1) is 21.8 Å². The first kappa shape index (κ1) is 23.0. The zero-order valence-electron chi connectivity index (χ0n) is 14.4. The predicted molar refractivity (Wildman–Crippen MR) is 86.2 cm³/mol. The summed E-state index contributed by atoms with van der Waals surface area (Å²) in [6.07, 6.45) is -10.7. The van der Waals surface area contributed by atoms with Gasteiger partial charge in [0.25, 0.3) is 0 Å². The van der Waals surface area contributed by atoms with E-state index in [2.05, 4.69) is 0 Å². The smallest absolute Gasteiger partial charge is 0.361 e. The molecule has 0 aliphatic rings. The van der Waals surface area contributed by atoms with E-state index in [0.717, 1.165) is 12.1 Å². The van der Waals surface area contributed by atoms with Gasteiger partial charge in [-0.3, -0.25) is 0 Å². The molecule has 0 amide bonds. The van der Waals surface area contributed by atoms with Crippen LogP contribution in [-0.2, 0) is 23.6 Å². The molecule has 0 spiro atoms. The molecule has 0 bridgehead atoms. The van der Waals surface area contributed by atoms with Crippen LogP contribution in [0, 0.1) is 11.3 Å². The third kappa shape index (κ3) is 4.18. The minimum absolute atomic E-state index is 0.0822. The van der Waals surface area contributed by atoms with E-state index >= 15 is 0 Å². The van der Waals surface area contributed by atoms with Crippen LogP contribution in [0.25, 0.3) is 11.3 Å². The first-order valence-electron chi connectivity index (χ1n) is 7.79. The van der Waals surface area contributed by atoms with Gasteiger partial charge < -0.3 is 9.30 Å². The first-order valence-corrected chi connectivity index (χ1v) is 8.17. The highest BCUT2D eigenvalue weighted by Crippen LogP contribution is 2.50. The van der Waals surface area contributed by atoms with Gasteiger partial charge in [0.15, 0.2) is 0 Å². The summed E-state index contributed by atoms with van der Waals surface area (Å²) in [5.74, 6) is -5.45. The minimum Gasteiger partial charge on any atom is -0.361 e. The number of aromatic nitrogens is 1. The van der Waals surface area contributed by atoms with Gasteiger partial charge in [-0.25, -0.2) is 0 Å². The molecule has 3 nitrogen and oxygen atoms in total. The third-order valence-electron chi connectivity index (χ3n) is 3.88. The predicted octanol–water partition coefficient (Wildman–Crippen LogP) is 6.35. The van der Waals surface area contributed by atoms with Crippen molar-refractivity contribution in [3.8, 4) is 17.3 Å². The Labute approximate surface area is 164 Å². The average Bonchev–Trinajstić information content (AvgIpc) is 2.90. The van der Waals surface area contributed by atoms with Crippen molar-refractivity contribution in [2.75, 3.05) is 6.61 Å². The fourth-order valence-electron chi connectivity index (χ4n) is 2.56. The van der Waals surface area contributed by atoms with Crippen molar-refractivity contribution in [2.24, 2.45) is 0 Å². The van der Waals surface area contributed by atoms with E-state index in [0.29, 0.717) is 16.7 Å². The molecule has 0 fully saturated rings. The van der Waals surface area contributed by atoms with Gasteiger partial charge in [0.2, 0.25) is 0 Å². The molecule has 2 aromatic rings. The summed E-state index contributed by atoms with van der Waals surface area (Å²) in [5, 5.41) is 8.12. The summed E-state index contributed by atoms with van der Waals surface area (Å²) in [5.41, 5.74) is -4.29. The van der Waals surface area contributed by atoms with Gasteiger partial charge in [-0.05, 0) is 24.6 Å². The van der Waals surface area contributed by atoms with Crippen molar-refractivity contribution in [1.29, 1.82) is 5.26 Å². The number of hydrogen-bond acceptors (Lipinski definition) is 2. The van der Waals surface area contributed by atoms with E-state index in [9.17, 15) is 40.4 Å². The molecular formula is C17H11ClF8N2O. The molecular weight excluding hydrogens is 436 g/mol. The lowest BCUT2D eigenvalue weighted by Gasteiger charge is -2.23. The number of rotatable bonds is 5. The van der Waals surface area contributed by atoms with Crippen molar-refractivity contribution in [3.63, 3.8) is 0 Å². The zero-order chi connectivity index (χ0) is 22.2. The van der Waals surface area contributed by atoms with Crippen LogP contribution in [0.2, 0.25) is 5.02 Å². The lowest BCUT2D eigenvalue weighted by Crippen LogP contribution is -2.36. The number of benzene rings is 1. The summed E-state index contributed by atoms with van der Waals surface area (Å²) in [7, 11) is 0. The molecule has 12 heteroatoms. The van der Waals surface area contributed by atoms with Gasteiger partial charge in [0.1, 0.15) is 18.5 Å². The molecule has 0 unspecified atom stereocenters. The van der Waals surface area contributed by atoms with Gasteiger partial charge >= 0.3 is 18.3 Å². The Kier molecular flexibility index (Phi) is 6.20. The Morgan fingerprint density at radius 2 is 1.59 bits per heavy atom. The molecule has 0 aliphatic heterocycles. The zero-order valence-corrected chi connectivity index (χ0v) is 15.2. The van der Waals surface area contributed by atoms with Crippen LogP contribution in [0.3, 0.4) is 0 Å². The molecule has 0 radical (unpaired) electrons. The van der Waals surface area contributed by atoms with Crippen LogP contribution in [0.15, 0.2) is 24.3 Å². The Balaban J connectivity index is 2.81. The van der Waals surface area contributed by atoms with E-state index in [1.54, 1.807) is 0 Å². The molecule has 0 N–H and O–H groups in total. The maximum Gasteiger partial charge on any atom is 0.459 e. The fraction of sp³-hybridized carbons (Fsp3) is 0.353. The van der Waals surface area contributed by atoms with Crippen LogP contribution in [0.5, 0.6) is 0 Å². The average molecular weight is 447 g/mol. The highest BCUT2D eigenvalue weighted by Gasteiger charge is 2.62. The van der Waals surface area contributed by atoms with Crippen molar-refractivity contribution < 1.29 is 39.9 Å². The van der Waals surface area contributed by atoms with Gasteiger partial charge in [-0.15, -0.1) is 0 Å². The maximum atomic E-state index is 14.1. The normalized spacial score (nSPS) is 12.9. The minimum atomic E-state index is -6.04. The van der Waals surface area contributed by atoms with E-state index < -0.39 is 52.5 Å². The van der Waals surface area contributed by atoms with E-state index in [-0.39, 0.29) is 12.2 Å². The van der Waals surface area contributed by atoms with Crippen molar-refractivity contribution >= 4 is 11.6 Å². The SMILES string of the molecule is CCOCn1c(-c2ccc(C(F)(F)F)cc2)c(C#N)c(Cl)c1C(F)(F)C(F)(F)F. The van der Waals surface area contributed by atoms with Crippen LogP contribution < -0.4 is 0 Å². The summed E-state index contributed by atoms with van der Waals surface area (Å²) in [6.45, 7) is 0.520. The van der Waals surface area contributed by atoms with E-state index in [1.807, 2.05) is 0 Å². The molecule has 158 valence electrons. The van der Waals surface area contributed by atoms with Crippen LogP contribution in [-0.4, -0.2) is 17.4 Å². The standard InChI is InChI=1S/C17H11ClF8N2O/c1-2-29-8-28-13(9-3-5-10(6-4-9)16(21,22)23)11(7-27)12(18)14(28)15(19,20)17(24,25)26/h3-6H,2,8H2,1H3. The summed E-state index contributed by atoms with van der Waals surface area (Å²) in [4.78, 5) is 0. The molecule has 0 aliphatic carbocycles. The summed E-state index contributed by atoms with van der Waals surface area (Å²) >= 11 is 5.70. The number of nitrogens with zero attached hydrogens (tertiary/aromatic N) is 2. The number of nitriles is 1. The lowest BCUT2D eigenvalue weighted by molar-refractivity contribution is -0.292. The molecule has 1 aromatic carbocycles. The van der Waals surface area contributed by atoms with Crippen LogP contribution in [0.1, 0.15) is 23.7 Å². The third-order valence-corrected chi connectivity index (χ3v) is 4.25. The van der Waals surface area contributed by atoms with Gasteiger partial charge in [-0.1, -0.05) is 23.7 Å². The highest BCUT2D eigenvalue weighted by atomic mass is 35.5. The number of hydrogen-bond donors (Lipinski definition) is 0. The monoisotopic (exact) mass is 446 g/mol. The van der Waals surface area contributed by atoms with Crippen LogP contribution in [0.4, 0.5) is 35.1 Å². The second-order valence-corrected chi connectivity index (χ2v) is 6.07. The largest absolute Gasteiger partial charge is 0.459 e. The molecule has 1 heterocycles. The number of ether oxygens (including phenoxy) is 1. The second kappa shape index (κ2) is 7.84.